The number of piperidine rings is 1. The van der Waals surface area contributed by atoms with Gasteiger partial charge in [0, 0.05) is 35.1 Å². The van der Waals surface area contributed by atoms with Crippen molar-refractivity contribution in [1.29, 1.82) is 0 Å². The second-order valence-corrected chi connectivity index (χ2v) is 5.68. The third-order valence-electron chi connectivity index (χ3n) is 3.22. The number of benzene rings is 1. The standard InChI is InChI=1S/C15H17BrN2O3/c1-21-13-5-3-11(16)8-10(13)2-6-15(20)18-12-4-7-14(19)17-9-12/h2-3,5-6,8,12H,4,7,9H2,1H3,(H,17,19)(H,18,20). The lowest BCUT2D eigenvalue weighted by Crippen LogP contribution is -2.47. The molecule has 0 saturated carbocycles. The summed E-state index contributed by atoms with van der Waals surface area (Å²) < 4.78 is 6.16. The average molecular weight is 353 g/mol. The van der Waals surface area contributed by atoms with Gasteiger partial charge in [-0.1, -0.05) is 15.9 Å². The number of carbonyl (C=O) groups is 2. The van der Waals surface area contributed by atoms with Crippen LogP contribution in [0, 0.1) is 0 Å². The third-order valence-corrected chi connectivity index (χ3v) is 3.71. The van der Waals surface area contributed by atoms with Crippen molar-refractivity contribution < 1.29 is 14.3 Å². The Balaban J connectivity index is 1.96. The first-order valence-corrected chi connectivity index (χ1v) is 7.46. The van der Waals surface area contributed by atoms with E-state index in [2.05, 4.69) is 26.6 Å². The fraction of sp³-hybridized carbons (Fsp3) is 0.333. The number of rotatable bonds is 4. The van der Waals surface area contributed by atoms with Gasteiger partial charge in [0.15, 0.2) is 0 Å². The van der Waals surface area contributed by atoms with Crippen LogP contribution in [-0.4, -0.2) is 31.5 Å². The van der Waals surface area contributed by atoms with Gasteiger partial charge >= 0.3 is 0 Å². The molecular formula is C15H17BrN2O3. The first kappa shape index (κ1) is 15.6. The van der Waals surface area contributed by atoms with Gasteiger partial charge in [-0.15, -0.1) is 0 Å². The fourth-order valence-electron chi connectivity index (χ4n) is 2.11. The van der Waals surface area contributed by atoms with Crippen LogP contribution < -0.4 is 15.4 Å². The number of carbonyl (C=O) groups excluding carboxylic acids is 2. The number of halogens is 1. The Kier molecular flexibility index (Phi) is 5.38. The van der Waals surface area contributed by atoms with Gasteiger partial charge in [-0.05, 0) is 30.7 Å². The quantitative estimate of drug-likeness (QED) is 0.812. The Morgan fingerprint density at radius 3 is 3.00 bits per heavy atom. The molecule has 1 aromatic rings. The molecule has 1 aromatic carbocycles. The zero-order chi connectivity index (χ0) is 15.2. The summed E-state index contributed by atoms with van der Waals surface area (Å²) in [6.07, 6.45) is 4.31. The highest BCUT2D eigenvalue weighted by atomic mass is 79.9. The molecular weight excluding hydrogens is 336 g/mol. The topological polar surface area (TPSA) is 67.4 Å². The van der Waals surface area contributed by atoms with Crippen LogP contribution in [0.4, 0.5) is 0 Å². The Bertz CT molecular complexity index is 562. The maximum absolute atomic E-state index is 11.9. The number of hydrogen-bond acceptors (Lipinski definition) is 3. The molecule has 1 unspecified atom stereocenters. The minimum absolute atomic E-state index is 0.00995. The van der Waals surface area contributed by atoms with E-state index in [9.17, 15) is 9.59 Å². The second-order valence-electron chi connectivity index (χ2n) is 4.77. The van der Waals surface area contributed by atoms with Crippen molar-refractivity contribution in [3.8, 4) is 5.75 Å². The lowest BCUT2D eigenvalue weighted by Gasteiger charge is -2.22. The van der Waals surface area contributed by atoms with E-state index in [1.165, 1.54) is 6.08 Å². The minimum atomic E-state index is -0.182. The zero-order valence-corrected chi connectivity index (χ0v) is 13.3. The molecule has 0 spiro atoms. The summed E-state index contributed by atoms with van der Waals surface area (Å²) in [7, 11) is 1.59. The number of methoxy groups -OCH3 is 1. The predicted octanol–water partition coefficient (Wildman–Crippen LogP) is 1.87. The fourth-order valence-corrected chi connectivity index (χ4v) is 2.49. The van der Waals surface area contributed by atoms with Gasteiger partial charge in [0.05, 0.1) is 7.11 Å². The molecule has 2 N–H and O–H groups in total. The van der Waals surface area contributed by atoms with Crippen LogP contribution in [0.15, 0.2) is 28.7 Å². The largest absolute Gasteiger partial charge is 0.496 e. The second kappa shape index (κ2) is 7.26. The van der Waals surface area contributed by atoms with Crippen molar-refractivity contribution in [3.63, 3.8) is 0 Å². The van der Waals surface area contributed by atoms with E-state index in [1.807, 2.05) is 18.2 Å². The van der Waals surface area contributed by atoms with Crippen LogP contribution in [0.1, 0.15) is 18.4 Å². The zero-order valence-electron chi connectivity index (χ0n) is 11.7. The van der Waals surface area contributed by atoms with Gasteiger partial charge in [-0.3, -0.25) is 9.59 Å². The molecule has 5 nitrogen and oxygen atoms in total. The molecule has 1 aliphatic rings. The number of ether oxygens (including phenoxy) is 1. The number of amides is 2. The number of hydrogen-bond donors (Lipinski definition) is 2. The SMILES string of the molecule is COc1ccc(Br)cc1C=CC(=O)NC1CCC(=O)NC1. The van der Waals surface area contributed by atoms with Crippen LogP contribution >= 0.6 is 15.9 Å². The van der Waals surface area contributed by atoms with Crippen molar-refractivity contribution in [1.82, 2.24) is 10.6 Å². The van der Waals surface area contributed by atoms with E-state index in [4.69, 9.17) is 4.74 Å². The normalized spacial score (nSPS) is 18.4. The van der Waals surface area contributed by atoms with Gasteiger partial charge in [0.25, 0.3) is 0 Å². The van der Waals surface area contributed by atoms with Crippen LogP contribution in [0.25, 0.3) is 6.08 Å². The van der Waals surface area contributed by atoms with Gasteiger partial charge in [-0.2, -0.15) is 0 Å². The summed E-state index contributed by atoms with van der Waals surface area (Å²) >= 11 is 3.39. The first-order valence-electron chi connectivity index (χ1n) is 6.67. The van der Waals surface area contributed by atoms with Gasteiger partial charge in [0.1, 0.15) is 5.75 Å². The molecule has 21 heavy (non-hydrogen) atoms. The van der Waals surface area contributed by atoms with E-state index >= 15 is 0 Å². The maximum atomic E-state index is 11.9. The molecule has 1 heterocycles. The third kappa shape index (κ3) is 4.60. The lowest BCUT2D eigenvalue weighted by atomic mass is 10.1. The first-order chi connectivity index (χ1) is 10.1. The summed E-state index contributed by atoms with van der Waals surface area (Å²) in [6.45, 7) is 0.485. The summed E-state index contributed by atoms with van der Waals surface area (Å²) in [5.41, 5.74) is 0.818. The van der Waals surface area contributed by atoms with E-state index < -0.39 is 0 Å². The van der Waals surface area contributed by atoms with E-state index in [0.717, 1.165) is 10.0 Å². The van der Waals surface area contributed by atoms with E-state index in [-0.39, 0.29) is 17.9 Å². The molecule has 1 fully saturated rings. The average Bonchev–Trinajstić information content (AvgIpc) is 2.48. The molecule has 0 bridgehead atoms. The van der Waals surface area contributed by atoms with Gasteiger partial charge in [0.2, 0.25) is 11.8 Å². The van der Waals surface area contributed by atoms with Crippen molar-refractivity contribution in [2.45, 2.75) is 18.9 Å². The molecule has 0 aliphatic carbocycles. The Hall–Kier alpha value is -1.82. The molecule has 0 radical (unpaired) electrons. The summed E-state index contributed by atoms with van der Waals surface area (Å²) in [5, 5.41) is 5.60. The van der Waals surface area contributed by atoms with Crippen LogP contribution in [0.2, 0.25) is 0 Å². The Labute approximate surface area is 131 Å². The molecule has 2 amide bonds. The van der Waals surface area contributed by atoms with Crippen LogP contribution in [0.3, 0.4) is 0 Å². The molecule has 2 rings (SSSR count). The maximum Gasteiger partial charge on any atom is 0.244 e. The van der Waals surface area contributed by atoms with E-state index in [0.29, 0.717) is 25.1 Å². The molecule has 112 valence electrons. The Morgan fingerprint density at radius 1 is 1.52 bits per heavy atom. The van der Waals surface area contributed by atoms with Crippen molar-refractivity contribution in [3.05, 3.63) is 34.3 Å². The Morgan fingerprint density at radius 2 is 2.33 bits per heavy atom. The van der Waals surface area contributed by atoms with Crippen molar-refractivity contribution in [2.24, 2.45) is 0 Å². The van der Waals surface area contributed by atoms with Crippen molar-refractivity contribution in [2.75, 3.05) is 13.7 Å². The summed E-state index contributed by atoms with van der Waals surface area (Å²) in [6, 6.07) is 5.58. The molecule has 1 aliphatic heterocycles. The molecule has 1 atom stereocenters. The van der Waals surface area contributed by atoms with E-state index in [1.54, 1.807) is 13.2 Å². The highest BCUT2D eigenvalue weighted by molar-refractivity contribution is 9.10. The van der Waals surface area contributed by atoms with Crippen LogP contribution in [-0.2, 0) is 9.59 Å². The molecule has 1 saturated heterocycles. The van der Waals surface area contributed by atoms with Crippen molar-refractivity contribution >= 4 is 33.8 Å². The lowest BCUT2D eigenvalue weighted by molar-refractivity contribution is -0.124. The monoisotopic (exact) mass is 352 g/mol. The van der Waals surface area contributed by atoms with Gasteiger partial charge < -0.3 is 15.4 Å². The highest BCUT2D eigenvalue weighted by Crippen LogP contribution is 2.24. The molecule has 0 aromatic heterocycles. The number of nitrogens with one attached hydrogen (secondary N) is 2. The minimum Gasteiger partial charge on any atom is -0.496 e. The summed E-state index contributed by atoms with van der Waals surface area (Å²) in [4.78, 5) is 22.9. The van der Waals surface area contributed by atoms with Gasteiger partial charge in [-0.25, -0.2) is 0 Å². The molecule has 6 heteroatoms. The highest BCUT2D eigenvalue weighted by Gasteiger charge is 2.18. The van der Waals surface area contributed by atoms with Crippen LogP contribution in [0.5, 0.6) is 5.75 Å². The summed E-state index contributed by atoms with van der Waals surface area (Å²) in [5.74, 6) is 0.556. The smallest absolute Gasteiger partial charge is 0.244 e. The predicted molar refractivity (Wildman–Crippen MR) is 83.9 cm³/mol.